The van der Waals surface area contributed by atoms with Crippen molar-refractivity contribution in [1.29, 1.82) is 0 Å². The number of carbonyl (C=O) groups excluding carboxylic acids is 1. The third kappa shape index (κ3) is 16.2. The summed E-state index contributed by atoms with van der Waals surface area (Å²) in [6.45, 7) is 5.56. The van der Waals surface area contributed by atoms with Crippen molar-refractivity contribution in [2.45, 2.75) is 90.9 Å². The van der Waals surface area contributed by atoms with Crippen LogP contribution >= 0.6 is 0 Å². The lowest BCUT2D eigenvalue weighted by atomic mass is 10.1. The van der Waals surface area contributed by atoms with Crippen molar-refractivity contribution < 1.29 is 9.53 Å². The van der Waals surface area contributed by atoms with Crippen molar-refractivity contribution in [3.05, 3.63) is 48.6 Å². The molecule has 0 aliphatic heterocycles. The monoisotopic (exact) mass is 428 g/mol. The van der Waals surface area contributed by atoms with E-state index in [0.717, 1.165) is 30.8 Å². The van der Waals surface area contributed by atoms with E-state index in [1.807, 2.05) is 31.2 Å². The lowest BCUT2D eigenvalue weighted by Crippen LogP contribution is -2.29. The van der Waals surface area contributed by atoms with Crippen molar-refractivity contribution in [1.82, 2.24) is 5.32 Å². The summed E-state index contributed by atoms with van der Waals surface area (Å²) in [6.07, 6.45) is 24.0. The number of carbonyl (C=O) groups is 1. The average molecular weight is 429 g/mol. The lowest BCUT2D eigenvalue weighted by Gasteiger charge is -2.08. The predicted molar refractivity (Wildman–Crippen MR) is 134 cm³/mol. The fraction of sp³-hybridized carbons (Fsp3) is 0.593. The van der Waals surface area contributed by atoms with Crippen LogP contribution in [-0.4, -0.2) is 19.2 Å². The summed E-state index contributed by atoms with van der Waals surface area (Å²) < 4.78 is 5.40. The Morgan fingerprint density at radius 3 is 2.06 bits per heavy atom. The zero-order valence-electron chi connectivity index (χ0n) is 19.8. The molecule has 0 unspecified atom stereocenters. The lowest BCUT2D eigenvalue weighted by molar-refractivity contribution is 0.252. The molecule has 0 saturated heterocycles. The number of ether oxygens (including phenoxy) is 1. The summed E-state index contributed by atoms with van der Waals surface area (Å²) in [5, 5.41) is 5.77. The second kappa shape index (κ2) is 19.7. The first-order chi connectivity index (χ1) is 15.3. The zero-order chi connectivity index (χ0) is 22.4. The molecule has 4 heteroatoms. The molecule has 0 saturated carbocycles. The summed E-state index contributed by atoms with van der Waals surface area (Å²) in [5.41, 5.74) is 0.776. The van der Waals surface area contributed by atoms with Gasteiger partial charge in [-0.15, -0.1) is 0 Å². The highest BCUT2D eigenvalue weighted by Crippen LogP contribution is 2.15. The van der Waals surface area contributed by atoms with Crippen LogP contribution in [0.4, 0.5) is 10.5 Å². The van der Waals surface area contributed by atoms with Gasteiger partial charge < -0.3 is 15.4 Å². The second-order valence-corrected chi connectivity index (χ2v) is 7.92. The number of amides is 2. The van der Waals surface area contributed by atoms with Crippen LogP contribution in [0, 0.1) is 0 Å². The van der Waals surface area contributed by atoms with E-state index in [0.29, 0.717) is 6.61 Å². The zero-order valence-corrected chi connectivity index (χ0v) is 19.8. The molecule has 31 heavy (non-hydrogen) atoms. The summed E-state index contributed by atoms with van der Waals surface area (Å²) >= 11 is 0. The number of anilines is 1. The Labute approximate surface area is 190 Å². The van der Waals surface area contributed by atoms with Gasteiger partial charge in [-0.1, -0.05) is 69.8 Å². The standard InChI is InChI=1S/C27H44N2O2/c1-3-5-6-7-8-9-10-11-12-13-14-15-16-17-18-19-24-28-27(30)29-25-20-22-26(23-21-25)31-4-2/h8-9,11-12,20-23H,3-7,10,13-19,24H2,1-2H3,(H2,28,29,30)/b9-8?,12-11+. The number of hydrogen-bond donors (Lipinski definition) is 2. The molecule has 1 aromatic carbocycles. The molecule has 0 aliphatic rings. The number of allylic oxidation sites excluding steroid dienone is 4. The van der Waals surface area contributed by atoms with Gasteiger partial charge in [-0.25, -0.2) is 4.79 Å². The number of urea groups is 1. The van der Waals surface area contributed by atoms with Gasteiger partial charge in [-0.2, -0.15) is 0 Å². The van der Waals surface area contributed by atoms with Crippen molar-refractivity contribution in [3.63, 3.8) is 0 Å². The van der Waals surface area contributed by atoms with Gasteiger partial charge in [0.1, 0.15) is 5.75 Å². The molecule has 0 fully saturated rings. The van der Waals surface area contributed by atoms with Crippen LogP contribution in [0.25, 0.3) is 0 Å². The van der Waals surface area contributed by atoms with Gasteiger partial charge in [0.15, 0.2) is 0 Å². The molecule has 0 bridgehead atoms. The molecule has 0 atom stereocenters. The normalized spacial score (nSPS) is 11.3. The first-order valence-corrected chi connectivity index (χ1v) is 12.3. The van der Waals surface area contributed by atoms with Crippen LogP contribution in [0.5, 0.6) is 5.75 Å². The second-order valence-electron chi connectivity index (χ2n) is 7.92. The van der Waals surface area contributed by atoms with E-state index in [4.69, 9.17) is 4.74 Å². The summed E-state index contributed by atoms with van der Waals surface area (Å²) in [7, 11) is 0. The summed E-state index contributed by atoms with van der Waals surface area (Å²) in [6, 6.07) is 7.28. The van der Waals surface area contributed by atoms with E-state index >= 15 is 0 Å². The van der Waals surface area contributed by atoms with E-state index in [2.05, 4.69) is 41.9 Å². The Morgan fingerprint density at radius 2 is 1.42 bits per heavy atom. The molecular weight excluding hydrogens is 384 g/mol. The Hall–Kier alpha value is -2.23. The molecular formula is C27H44N2O2. The third-order valence-electron chi connectivity index (χ3n) is 5.09. The third-order valence-corrected chi connectivity index (χ3v) is 5.09. The average Bonchev–Trinajstić information content (AvgIpc) is 2.77. The molecule has 0 aliphatic carbocycles. The number of hydrogen-bond acceptors (Lipinski definition) is 2. The topological polar surface area (TPSA) is 50.4 Å². The Bertz CT molecular complexity index is 608. The molecule has 0 heterocycles. The molecule has 174 valence electrons. The number of benzene rings is 1. The van der Waals surface area contributed by atoms with E-state index in [9.17, 15) is 4.79 Å². The minimum absolute atomic E-state index is 0.147. The molecule has 0 radical (unpaired) electrons. The van der Waals surface area contributed by atoms with Gasteiger partial charge in [-0.3, -0.25) is 0 Å². The highest BCUT2D eigenvalue weighted by molar-refractivity contribution is 5.89. The van der Waals surface area contributed by atoms with Crippen LogP contribution < -0.4 is 15.4 Å². The van der Waals surface area contributed by atoms with Gasteiger partial charge in [-0.05, 0) is 69.7 Å². The minimum Gasteiger partial charge on any atom is -0.494 e. The fourth-order valence-electron chi connectivity index (χ4n) is 3.29. The number of rotatable bonds is 18. The Kier molecular flexibility index (Phi) is 17.0. The smallest absolute Gasteiger partial charge is 0.319 e. The molecule has 0 spiro atoms. The van der Waals surface area contributed by atoms with Crippen LogP contribution in [0.3, 0.4) is 0 Å². The number of nitrogens with one attached hydrogen (secondary N) is 2. The van der Waals surface area contributed by atoms with Crippen molar-refractivity contribution in [3.8, 4) is 5.75 Å². The maximum absolute atomic E-state index is 11.9. The minimum atomic E-state index is -0.147. The van der Waals surface area contributed by atoms with Gasteiger partial charge in [0, 0.05) is 12.2 Å². The van der Waals surface area contributed by atoms with Crippen LogP contribution in [0.1, 0.15) is 90.9 Å². The van der Waals surface area contributed by atoms with Gasteiger partial charge in [0.05, 0.1) is 6.61 Å². The maximum Gasteiger partial charge on any atom is 0.319 e. The van der Waals surface area contributed by atoms with Crippen LogP contribution in [0.15, 0.2) is 48.6 Å². The molecule has 1 rings (SSSR count). The maximum atomic E-state index is 11.9. The SMILES string of the molecule is CCCCCC=CC/C=C/CCCCCCCCNC(=O)Nc1ccc(OCC)cc1. The summed E-state index contributed by atoms with van der Waals surface area (Å²) in [5.74, 6) is 0.815. The highest BCUT2D eigenvalue weighted by atomic mass is 16.5. The predicted octanol–water partition coefficient (Wildman–Crippen LogP) is 8.02. The number of unbranched alkanes of at least 4 members (excludes halogenated alkanes) is 9. The summed E-state index contributed by atoms with van der Waals surface area (Å²) in [4.78, 5) is 11.9. The Morgan fingerprint density at radius 1 is 0.806 bits per heavy atom. The first kappa shape index (κ1) is 26.8. The van der Waals surface area contributed by atoms with Crippen LogP contribution in [-0.2, 0) is 0 Å². The molecule has 0 aromatic heterocycles. The Balaban J connectivity index is 1.89. The molecule has 1 aromatic rings. The first-order valence-electron chi connectivity index (χ1n) is 12.3. The molecule has 2 N–H and O–H groups in total. The fourth-order valence-corrected chi connectivity index (χ4v) is 3.29. The highest BCUT2D eigenvalue weighted by Gasteiger charge is 2.01. The van der Waals surface area contributed by atoms with E-state index in [1.54, 1.807) is 0 Å². The van der Waals surface area contributed by atoms with Gasteiger partial charge in [0.25, 0.3) is 0 Å². The van der Waals surface area contributed by atoms with Crippen molar-refractivity contribution >= 4 is 11.7 Å². The van der Waals surface area contributed by atoms with Crippen LogP contribution in [0.2, 0.25) is 0 Å². The van der Waals surface area contributed by atoms with E-state index in [1.165, 1.54) is 64.2 Å². The van der Waals surface area contributed by atoms with Gasteiger partial charge in [0.2, 0.25) is 0 Å². The van der Waals surface area contributed by atoms with Crippen molar-refractivity contribution in [2.24, 2.45) is 0 Å². The van der Waals surface area contributed by atoms with E-state index in [-0.39, 0.29) is 6.03 Å². The van der Waals surface area contributed by atoms with E-state index < -0.39 is 0 Å². The van der Waals surface area contributed by atoms with Gasteiger partial charge >= 0.3 is 6.03 Å². The molecule has 4 nitrogen and oxygen atoms in total. The largest absolute Gasteiger partial charge is 0.494 e. The molecule has 2 amide bonds. The quantitative estimate of drug-likeness (QED) is 0.184. The van der Waals surface area contributed by atoms with Crippen molar-refractivity contribution in [2.75, 3.05) is 18.5 Å².